The van der Waals surface area contributed by atoms with E-state index in [2.05, 4.69) is 22.5 Å². The van der Waals surface area contributed by atoms with E-state index in [1.165, 1.54) is 6.08 Å². The minimum absolute atomic E-state index is 0.214. The summed E-state index contributed by atoms with van der Waals surface area (Å²) < 4.78 is -0.677. The van der Waals surface area contributed by atoms with Crippen LogP contribution in [0.15, 0.2) is 23.1 Å². The van der Waals surface area contributed by atoms with E-state index in [1.54, 1.807) is 0 Å². The van der Waals surface area contributed by atoms with Crippen LogP contribution in [0.2, 0.25) is 0 Å². The van der Waals surface area contributed by atoms with Crippen LogP contribution >= 0.6 is 0 Å². The van der Waals surface area contributed by atoms with Gasteiger partial charge >= 0.3 is 0 Å². The van der Waals surface area contributed by atoms with E-state index < -0.39 is 4.76 Å². The minimum atomic E-state index is -0.677. The van der Waals surface area contributed by atoms with Crippen molar-refractivity contribution >= 4 is 0 Å². The van der Waals surface area contributed by atoms with Gasteiger partial charge in [-0.3, -0.25) is 0 Å². The van der Waals surface area contributed by atoms with Crippen molar-refractivity contribution in [1.82, 2.24) is 5.43 Å². The highest BCUT2D eigenvalue weighted by molar-refractivity contribution is 4.65. The van der Waals surface area contributed by atoms with Crippen molar-refractivity contribution in [2.75, 3.05) is 13.2 Å². The Bertz CT molecular complexity index is 146. The van der Waals surface area contributed by atoms with Gasteiger partial charge in [0.15, 0.2) is 6.67 Å². The SMILES string of the molecule is C=CC[N+]1([O-])CNN=N1. The van der Waals surface area contributed by atoms with Crippen LogP contribution in [0.1, 0.15) is 0 Å². The van der Waals surface area contributed by atoms with E-state index in [9.17, 15) is 5.21 Å². The summed E-state index contributed by atoms with van der Waals surface area (Å²) in [5.74, 6) is 0. The molecule has 0 bridgehead atoms. The van der Waals surface area contributed by atoms with Crippen molar-refractivity contribution in [2.24, 2.45) is 10.4 Å². The van der Waals surface area contributed by atoms with Crippen LogP contribution in [0.25, 0.3) is 0 Å². The predicted molar refractivity (Wildman–Crippen MR) is 31.6 cm³/mol. The lowest BCUT2D eigenvalue weighted by molar-refractivity contribution is -0.878. The van der Waals surface area contributed by atoms with Gasteiger partial charge in [-0.15, -0.1) is 0 Å². The highest BCUT2D eigenvalue weighted by Gasteiger charge is 2.18. The van der Waals surface area contributed by atoms with Crippen LogP contribution in [0, 0.1) is 5.21 Å². The van der Waals surface area contributed by atoms with Gasteiger partial charge in [0.05, 0.1) is 0 Å². The normalized spacial score (nSPS) is 32.1. The molecule has 1 aliphatic rings. The fraction of sp³-hybridized carbons (Fsp3) is 0.500. The number of nitrogens with zero attached hydrogens (tertiary/aromatic N) is 3. The van der Waals surface area contributed by atoms with Crippen LogP contribution in [0.4, 0.5) is 0 Å². The number of rotatable bonds is 2. The Morgan fingerprint density at radius 1 is 1.89 bits per heavy atom. The zero-order valence-corrected chi connectivity index (χ0v) is 4.95. The minimum Gasteiger partial charge on any atom is -0.602 e. The number of quaternary nitrogens is 1. The molecule has 1 atom stereocenters. The van der Waals surface area contributed by atoms with Crippen LogP contribution in [-0.2, 0) is 0 Å². The summed E-state index contributed by atoms with van der Waals surface area (Å²) in [6.45, 7) is 3.91. The Kier molecular flexibility index (Phi) is 1.46. The molecule has 0 radical (unpaired) electrons. The van der Waals surface area contributed by atoms with E-state index in [0.717, 1.165) is 0 Å². The Labute approximate surface area is 52.8 Å². The molecule has 0 spiro atoms. The average molecular weight is 128 g/mol. The maximum absolute atomic E-state index is 11.0. The second-order valence-corrected chi connectivity index (χ2v) is 1.82. The Morgan fingerprint density at radius 2 is 2.67 bits per heavy atom. The zero-order chi connectivity index (χ0) is 6.74. The Morgan fingerprint density at radius 3 is 3.11 bits per heavy atom. The summed E-state index contributed by atoms with van der Waals surface area (Å²) in [5, 5.41) is 17.8. The van der Waals surface area contributed by atoms with Gasteiger partial charge in [-0.2, -0.15) is 4.76 Å². The fourth-order valence-electron chi connectivity index (χ4n) is 0.590. The summed E-state index contributed by atoms with van der Waals surface area (Å²) in [4.78, 5) is 0. The van der Waals surface area contributed by atoms with E-state index >= 15 is 0 Å². The first-order chi connectivity index (χ1) is 4.27. The number of nitrogens with one attached hydrogen (secondary N) is 1. The van der Waals surface area contributed by atoms with Gasteiger partial charge in [-0.1, -0.05) is 6.58 Å². The maximum Gasteiger partial charge on any atom is 0.194 e. The summed E-state index contributed by atoms with van der Waals surface area (Å²) in [6.07, 6.45) is 1.53. The molecule has 5 heteroatoms. The third-order valence-electron chi connectivity index (χ3n) is 1.01. The second-order valence-electron chi connectivity index (χ2n) is 1.82. The molecule has 5 nitrogen and oxygen atoms in total. The van der Waals surface area contributed by atoms with E-state index in [0.29, 0.717) is 0 Å². The quantitative estimate of drug-likeness (QED) is 0.331. The third kappa shape index (κ3) is 1.24. The molecular formula is C4H8N4O. The van der Waals surface area contributed by atoms with Crippen molar-refractivity contribution in [3.8, 4) is 0 Å². The Hall–Kier alpha value is -0.940. The number of hydrogen-bond donors (Lipinski definition) is 1. The standard InChI is InChI=1S/C4H8N4O/c1-2-3-8(9)4-5-6-7-8/h2H,1,3-4H2,(H,5,7). The van der Waals surface area contributed by atoms with Crippen molar-refractivity contribution < 1.29 is 4.76 Å². The van der Waals surface area contributed by atoms with Crippen LogP contribution < -0.4 is 5.43 Å². The monoisotopic (exact) mass is 128 g/mol. The molecule has 1 heterocycles. The van der Waals surface area contributed by atoms with Crippen LogP contribution in [0.5, 0.6) is 0 Å². The summed E-state index contributed by atoms with van der Waals surface area (Å²) in [5.41, 5.74) is 2.47. The molecule has 1 N–H and O–H groups in total. The lowest BCUT2D eigenvalue weighted by atomic mass is 10.6. The molecular weight excluding hydrogens is 120 g/mol. The van der Waals surface area contributed by atoms with Gasteiger partial charge < -0.3 is 5.21 Å². The highest BCUT2D eigenvalue weighted by Crippen LogP contribution is 2.07. The topological polar surface area (TPSA) is 59.8 Å². The van der Waals surface area contributed by atoms with E-state index in [-0.39, 0.29) is 13.2 Å². The van der Waals surface area contributed by atoms with Gasteiger partial charge in [0.25, 0.3) is 0 Å². The molecule has 1 rings (SSSR count). The van der Waals surface area contributed by atoms with Crippen molar-refractivity contribution in [3.63, 3.8) is 0 Å². The Balaban J connectivity index is 2.51. The van der Waals surface area contributed by atoms with Gasteiger partial charge in [-0.05, 0) is 11.3 Å². The predicted octanol–water partition coefficient (Wildman–Crippen LogP) is 0.330. The fourth-order valence-corrected chi connectivity index (χ4v) is 0.590. The summed E-state index contributed by atoms with van der Waals surface area (Å²) >= 11 is 0. The largest absolute Gasteiger partial charge is 0.602 e. The molecule has 0 aromatic heterocycles. The highest BCUT2D eigenvalue weighted by atomic mass is 16.6. The molecule has 1 aliphatic heterocycles. The second kappa shape index (κ2) is 2.12. The molecule has 0 aromatic carbocycles. The maximum atomic E-state index is 11.0. The number of hydroxylamine groups is 2. The van der Waals surface area contributed by atoms with Gasteiger partial charge in [0.2, 0.25) is 0 Å². The lowest BCUT2D eigenvalue weighted by Crippen LogP contribution is -2.37. The van der Waals surface area contributed by atoms with Crippen LogP contribution in [0.3, 0.4) is 0 Å². The molecule has 0 aromatic rings. The first kappa shape index (κ1) is 6.18. The average Bonchev–Trinajstić information content (AvgIpc) is 2.16. The van der Waals surface area contributed by atoms with Crippen LogP contribution in [-0.4, -0.2) is 18.0 Å². The van der Waals surface area contributed by atoms with Gasteiger partial charge in [0.1, 0.15) is 6.54 Å². The molecule has 0 amide bonds. The van der Waals surface area contributed by atoms with E-state index in [4.69, 9.17) is 0 Å². The first-order valence-corrected chi connectivity index (χ1v) is 2.61. The molecule has 1 unspecified atom stereocenters. The molecule has 50 valence electrons. The molecule has 9 heavy (non-hydrogen) atoms. The summed E-state index contributed by atoms with van der Waals surface area (Å²) in [6, 6.07) is 0. The third-order valence-corrected chi connectivity index (χ3v) is 1.01. The zero-order valence-electron chi connectivity index (χ0n) is 4.95. The molecule has 0 fully saturated rings. The van der Waals surface area contributed by atoms with E-state index in [1.807, 2.05) is 0 Å². The first-order valence-electron chi connectivity index (χ1n) is 2.61. The smallest absolute Gasteiger partial charge is 0.194 e. The van der Waals surface area contributed by atoms with Gasteiger partial charge in [-0.25, -0.2) is 5.43 Å². The van der Waals surface area contributed by atoms with Crippen molar-refractivity contribution in [3.05, 3.63) is 17.9 Å². The molecule has 0 saturated heterocycles. The summed E-state index contributed by atoms with van der Waals surface area (Å²) in [7, 11) is 0. The van der Waals surface area contributed by atoms with Gasteiger partial charge in [0, 0.05) is 5.22 Å². The molecule has 0 aliphatic carbocycles. The molecule has 0 saturated carbocycles. The lowest BCUT2D eigenvalue weighted by Gasteiger charge is -2.26. The van der Waals surface area contributed by atoms with Crippen molar-refractivity contribution in [2.45, 2.75) is 0 Å². The number of hydrogen-bond acceptors (Lipinski definition) is 4. The van der Waals surface area contributed by atoms with Crippen molar-refractivity contribution in [1.29, 1.82) is 0 Å².